The number of hydrogen-bond acceptors (Lipinski definition) is 11. The summed E-state index contributed by atoms with van der Waals surface area (Å²) >= 11 is 1.73. The van der Waals surface area contributed by atoms with Crippen LogP contribution in [0.15, 0.2) is 103 Å². The summed E-state index contributed by atoms with van der Waals surface area (Å²) in [6.45, 7) is 6.15. The molecule has 3 aliphatic heterocycles. The van der Waals surface area contributed by atoms with E-state index in [-0.39, 0.29) is 97.8 Å². The molecule has 16 heteroatoms. The van der Waals surface area contributed by atoms with Gasteiger partial charge < -0.3 is 39.8 Å². The molecule has 3 fully saturated rings. The first-order valence-corrected chi connectivity index (χ1v) is 25.0. The van der Waals surface area contributed by atoms with E-state index in [0.717, 1.165) is 28.7 Å². The van der Waals surface area contributed by atoms with Crippen molar-refractivity contribution in [3.05, 3.63) is 131 Å². The molecule has 0 radical (unpaired) electrons. The van der Waals surface area contributed by atoms with E-state index in [1.165, 1.54) is 11.9 Å². The monoisotopic (exact) mass is 975 g/mol. The lowest BCUT2D eigenvalue weighted by Gasteiger charge is -2.38. The van der Waals surface area contributed by atoms with E-state index in [1.807, 2.05) is 91.0 Å². The van der Waals surface area contributed by atoms with Gasteiger partial charge in [0.05, 0.1) is 58.5 Å². The van der Waals surface area contributed by atoms with Gasteiger partial charge >= 0.3 is 12.0 Å². The molecule has 4 aromatic rings. The van der Waals surface area contributed by atoms with Gasteiger partial charge in [-0.1, -0.05) is 93.9 Å². The first-order valence-electron chi connectivity index (χ1n) is 24.0. The normalized spacial score (nSPS) is 19.8. The van der Waals surface area contributed by atoms with E-state index in [0.29, 0.717) is 35.7 Å². The molecule has 372 valence electrons. The summed E-state index contributed by atoms with van der Waals surface area (Å²) in [7, 11) is 4.71. The van der Waals surface area contributed by atoms with Gasteiger partial charge in [0.1, 0.15) is 23.2 Å². The lowest BCUT2D eigenvalue weighted by Crippen LogP contribution is -2.46. The Kier molecular flexibility index (Phi) is 16.9. The first-order chi connectivity index (χ1) is 33.6. The Morgan fingerprint density at radius 2 is 1.37 bits per heavy atom. The van der Waals surface area contributed by atoms with Crippen LogP contribution in [0.4, 0.5) is 4.79 Å². The summed E-state index contributed by atoms with van der Waals surface area (Å²) in [6, 6.07) is 31.1. The van der Waals surface area contributed by atoms with Crippen molar-refractivity contribution in [3.8, 4) is 11.5 Å². The second-order valence-corrected chi connectivity index (χ2v) is 20.2. The van der Waals surface area contributed by atoms with Crippen LogP contribution in [0, 0.1) is 0 Å². The van der Waals surface area contributed by atoms with Crippen LogP contribution in [0.25, 0.3) is 0 Å². The van der Waals surface area contributed by atoms with Gasteiger partial charge in [0.25, 0.3) is 5.91 Å². The summed E-state index contributed by atoms with van der Waals surface area (Å²) in [5, 5.41) is 8.47. The zero-order valence-electron chi connectivity index (χ0n) is 40.9. The minimum absolute atomic E-state index is 0.0247. The largest absolute Gasteiger partial charge is 0.497 e. The van der Waals surface area contributed by atoms with Crippen LogP contribution in [-0.4, -0.2) is 122 Å². The summed E-state index contributed by atoms with van der Waals surface area (Å²) in [6.07, 6.45) is 1.66. The van der Waals surface area contributed by atoms with Crippen LogP contribution in [-0.2, 0) is 39.7 Å². The zero-order chi connectivity index (χ0) is 50.0. The second-order valence-electron chi connectivity index (χ2n) is 19.0. The summed E-state index contributed by atoms with van der Waals surface area (Å²) in [5.74, 6) is 0.185. The van der Waals surface area contributed by atoms with E-state index < -0.39 is 23.7 Å². The Bertz CT molecular complexity index is 2420. The van der Waals surface area contributed by atoms with E-state index in [2.05, 4.69) is 36.7 Å². The van der Waals surface area contributed by atoms with Gasteiger partial charge in [-0.15, -0.1) is 0 Å². The smallest absolute Gasteiger partial charge is 0.325 e. The molecular formula is C54H65N5O10S. The number of methoxy groups -OCH3 is 2. The Morgan fingerprint density at radius 3 is 1.97 bits per heavy atom. The second kappa shape index (κ2) is 23.0. The number of nitrogens with one attached hydrogen (secondary N) is 3. The summed E-state index contributed by atoms with van der Waals surface area (Å²) < 4.78 is 24.0. The highest BCUT2D eigenvalue weighted by molar-refractivity contribution is 8.00. The van der Waals surface area contributed by atoms with Crippen molar-refractivity contribution >= 4 is 47.4 Å². The molecule has 7 rings (SSSR count). The molecule has 0 unspecified atom stereocenters. The molecule has 6 amide bonds. The SMILES string of the molecule is CNC(=O)CCC(=O)O[C@@H]1C[C@@H](COC(c2ccccc2)(c2ccc(OC)cc2)c2ccc(OC)cc2)N(C(=O)CNC(=O)CCCC[C@@H]2SC[C@H]3[C@@H]2NC(=O)N3C(=O)c2ccc(C(C)(C)C)cc2)C1. The molecule has 0 spiro atoms. The van der Waals surface area contributed by atoms with Crippen molar-refractivity contribution in [2.24, 2.45) is 0 Å². The van der Waals surface area contributed by atoms with Crippen LogP contribution >= 0.6 is 11.8 Å². The number of benzene rings is 4. The number of fused-ring (bicyclic) bond motifs is 1. The van der Waals surface area contributed by atoms with Crippen molar-refractivity contribution < 1.29 is 47.7 Å². The third-order valence-corrected chi connectivity index (χ3v) is 14.9. The highest BCUT2D eigenvalue weighted by Gasteiger charge is 2.50. The maximum absolute atomic E-state index is 14.1. The van der Waals surface area contributed by atoms with Crippen molar-refractivity contribution in [3.63, 3.8) is 0 Å². The molecule has 0 aliphatic carbocycles. The molecule has 3 saturated heterocycles. The number of ether oxygens (including phenoxy) is 4. The lowest BCUT2D eigenvalue weighted by molar-refractivity contribution is -0.150. The molecular weight excluding hydrogens is 911 g/mol. The number of hydrogen-bond donors (Lipinski definition) is 3. The molecule has 70 heavy (non-hydrogen) atoms. The number of amides is 6. The van der Waals surface area contributed by atoms with Crippen LogP contribution < -0.4 is 25.4 Å². The summed E-state index contributed by atoms with van der Waals surface area (Å²) in [4.78, 5) is 81.9. The van der Waals surface area contributed by atoms with Gasteiger partial charge in [-0.2, -0.15) is 11.8 Å². The number of likely N-dealkylation sites (tertiary alicyclic amines) is 1. The number of carbonyl (C=O) groups is 6. The van der Waals surface area contributed by atoms with Gasteiger partial charge in [0.2, 0.25) is 17.7 Å². The third kappa shape index (κ3) is 12.0. The fraction of sp³-hybridized carbons (Fsp3) is 0.444. The summed E-state index contributed by atoms with van der Waals surface area (Å²) in [5.41, 5.74) is 2.79. The number of rotatable bonds is 20. The number of imide groups is 1. The maximum atomic E-state index is 14.1. The highest BCUT2D eigenvalue weighted by Crippen LogP contribution is 2.43. The van der Waals surface area contributed by atoms with E-state index in [1.54, 1.807) is 43.0 Å². The lowest BCUT2D eigenvalue weighted by atomic mass is 9.80. The highest BCUT2D eigenvalue weighted by atomic mass is 32.2. The first kappa shape index (κ1) is 51.5. The third-order valence-electron chi connectivity index (χ3n) is 13.4. The number of thioether (sulfide) groups is 1. The molecule has 3 aliphatic rings. The molecule has 5 atom stereocenters. The molecule has 15 nitrogen and oxygen atoms in total. The van der Waals surface area contributed by atoms with Gasteiger partial charge in [-0.3, -0.25) is 28.9 Å². The fourth-order valence-corrected chi connectivity index (χ4v) is 11.1. The van der Waals surface area contributed by atoms with E-state index in [4.69, 9.17) is 18.9 Å². The Balaban J connectivity index is 0.987. The van der Waals surface area contributed by atoms with Crippen molar-refractivity contribution in [1.82, 2.24) is 25.8 Å². The quantitative estimate of drug-likeness (QED) is 0.0369. The Labute approximate surface area is 414 Å². The van der Waals surface area contributed by atoms with Crippen LogP contribution in [0.5, 0.6) is 11.5 Å². The van der Waals surface area contributed by atoms with Gasteiger partial charge in [-0.05, 0) is 76.9 Å². The van der Waals surface area contributed by atoms with Crippen LogP contribution in [0.3, 0.4) is 0 Å². The predicted molar refractivity (Wildman–Crippen MR) is 267 cm³/mol. The molecule has 0 saturated carbocycles. The maximum Gasteiger partial charge on any atom is 0.325 e. The molecule has 3 heterocycles. The number of urea groups is 1. The Morgan fingerprint density at radius 1 is 0.757 bits per heavy atom. The number of nitrogens with zero attached hydrogens (tertiary/aromatic N) is 2. The van der Waals surface area contributed by atoms with Crippen LogP contribution in [0.1, 0.15) is 98.3 Å². The van der Waals surface area contributed by atoms with E-state index in [9.17, 15) is 28.8 Å². The molecule has 3 N–H and O–H groups in total. The average molecular weight is 976 g/mol. The van der Waals surface area contributed by atoms with E-state index >= 15 is 0 Å². The van der Waals surface area contributed by atoms with Gasteiger partial charge in [0, 0.05) is 42.9 Å². The number of esters is 1. The van der Waals surface area contributed by atoms with Gasteiger partial charge in [0.15, 0.2) is 0 Å². The van der Waals surface area contributed by atoms with Crippen molar-refractivity contribution in [1.29, 1.82) is 0 Å². The minimum Gasteiger partial charge on any atom is -0.497 e. The van der Waals surface area contributed by atoms with Crippen molar-refractivity contribution in [2.75, 3.05) is 46.7 Å². The number of carbonyl (C=O) groups excluding carboxylic acids is 6. The minimum atomic E-state index is -1.18. The van der Waals surface area contributed by atoms with Gasteiger partial charge in [-0.25, -0.2) is 4.79 Å². The average Bonchev–Trinajstić information content (AvgIpc) is 4.06. The topological polar surface area (TPSA) is 182 Å². The Hall–Kier alpha value is -6.39. The number of unbranched alkanes of at least 4 members (excludes halogenated alkanes) is 1. The molecule has 0 aromatic heterocycles. The predicted octanol–water partition coefficient (Wildman–Crippen LogP) is 6.74. The van der Waals surface area contributed by atoms with Crippen molar-refractivity contribution in [2.45, 2.75) is 106 Å². The zero-order valence-corrected chi connectivity index (χ0v) is 41.7. The molecule has 0 bridgehead atoms. The fourth-order valence-electron chi connectivity index (χ4n) is 9.52. The standard InChI is InChI=1S/C54H65N5O10S/c1-53(2,3)36-18-16-35(17-19-36)51(64)59-44-34-70-45(50(44)57-52(59)65)14-10-11-15-47(61)56-31-48(62)58-32-43(69-49(63)29-28-46(60)55-4)30-40(58)33-68-54(37-12-8-7-9-13-37,38-20-24-41(66-5)25-21-38)39-22-26-42(67-6)27-23-39/h7-9,12-13,16-27,40,43-45,50H,10-11,14-15,28-34H2,1-6H3,(H,55,60)(H,56,61)(H,57,65)/t40-,43+,44-,45-,50-/m0/s1. The van der Waals surface area contributed by atoms with Crippen LogP contribution in [0.2, 0.25) is 0 Å². The molecule has 4 aromatic carbocycles.